The summed E-state index contributed by atoms with van der Waals surface area (Å²) >= 11 is 0. The van der Waals surface area contributed by atoms with Crippen LogP contribution in [0.4, 0.5) is 0 Å². The zero-order valence-electron chi connectivity index (χ0n) is 11.7. The summed E-state index contributed by atoms with van der Waals surface area (Å²) in [5.41, 5.74) is 4.82. The summed E-state index contributed by atoms with van der Waals surface area (Å²) in [5, 5.41) is 3.45. The molecular weight excluding hydrogens is 222 g/mol. The van der Waals surface area contributed by atoms with Crippen LogP contribution in [-0.4, -0.2) is 19.2 Å². The predicted molar refractivity (Wildman–Crippen MR) is 76.3 cm³/mol. The van der Waals surface area contributed by atoms with E-state index in [2.05, 4.69) is 44.8 Å². The minimum Gasteiger partial charge on any atom is -0.489 e. The van der Waals surface area contributed by atoms with E-state index in [4.69, 9.17) is 4.74 Å². The smallest absolute Gasteiger partial charge is 0.125 e. The van der Waals surface area contributed by atoms with Crippen LogP contribution in [0.25, 0.3) is 0 Å². The van der Waals surface area contributed by atoms with Crippen molar-refractivity contribution in [3.63, 3.8) is 0 Å². The first kappa shape index (κ1) is 13.2. The fraction of sp³-hybridized carbons (Fsp3) is 0.500. The summed E-state index contributed by atoms with van der Waals surface area (Å²) < 4.78 is 5.92. The number of ether oxygens (including phenoxy) is 1. The van der Waals surface area contributed by atoms with Crippen LogP contribution in [0.2, 0.25) is 0 Å². The Kier molecular flexibility index (Phi) is 4.07. The Bertz CT molecular complexity index is 447. The van der Waals surface area contributed by atoms with Gasteiger partial charge in [0.15, 0.2) is 0 Å². The van der Waals surface area contributed by atoms with Crippen molar-refractivity contribution in [1.82, 2.24) is 5.32 Å². The summed E-state index contributed by atoms with van der Waals surface area (Å²) in [5.74, 6) is 1.02. The average Bonchev–Trinajstić information content (AvgIpc) is 3.15. The van der Waals surface area contributed by atoms with Crippen molar-refractivity contribution in [2.24, 2.45) is 0 Å². The van der Waals surface area contributed by atoms with Gasteiger partial charge in [-0.2, -0.15) is 0 Å². The van der Waals surface area contributed by atoms with Crippen molar-refractivity contribution in [2.45, 2.75) is 39.7 Å². The lowest BCUT2D eigenvalue weighted by Crippen LogP contribution is -2.21. The van der Waals surface area contributed by atoms with E-state index in [1.165, 1.54) is 29.5 Å². The van der Waals surface area contributed by atoms with Gasteiger partial charge in [-0.25, -0.2) is 0 Å². The first-order valence-electron chi connectivity index (χ1n) is 6.67. The molecule has 0 spiro atoms. The third-order valence-electron chi connectivity index (χ3n) is 3.51. The molecular formula is C16H23NO. The molecule has 1 saturated carbocycles. The Morgan fingerprint density at radius 2 is 1.94 bits per heavy atom. The van der Waals surface area contributed by atoms with Crippen molar-refractivity contribution in [1.29, 1.82) is 0 Å². The summed E-state index contributed by atoms with van der Waals surface area (Å²) in [6.45, 7) is 11.9. The molecule has 1 aromatic carbocycles. The van der Waals surface area contributed by atoms with Crippen LogP contribution in [-0.2, 0) is 0 Å². The highest BCUT2D eigenvalue weighted by Gasteiger charge is 2.20. The van der Waals surface area contributed by atoms with Crippen LogP contribution in [0.3, 0.4) is 0 Å². The Morgan fingerprint density at radius 3 is 2.61 bits per heavy atom. The van der Waals surface area contributed by atoms with Crippen LogP contribution in [0.5, 0.6) is 5.75 Å². The second kappa shape index (κ2) is 5.57. The quantitative estimate of drug-likeness (QED) is 0.776. The Hall–Kier alpha value is -1.28. The van der Waals surface area contributed by atoms with Gasteiger partial charge in [-0.05, 0) is 55.9 Å². The van der Waals surface area contributed by atoms with Gasteiger partial charge < -0.3 is 10.1 Å². The molecule has 98 valence electrons. The van der Waals surface area contributed by atoms with Gasteiger partial charge in [0, 0.05) is 12.6 Å². The molecule has 18 heavy (non-hydrogen) atoms. The van der Waals surface area contributed by atoms with Gasteiger partial charge in [0.2, 0.25) is 0 Å². The van der Waals surface area contributed by atoms with Crippen LogP contribution < -0.4 is 10.1 Å². The number of benzene rings is 1. The van der Waals surface area contributed by atoms with E-state index < -0.39 is 0 Å². The Labute approximate surface area is 110 Å². The van der Waals surface area contributed by atoms with E-state index in [1.807, 2.05) is 0 Å². The topological polar surface area (TPSA) is 21.3 Å². The minimum atomic E-state index is 0.602. The minimum absolute atomic E-state index is 0.602. The number of nitrogens with one attached hydrogen (secondary N) is 1. The molecule has 0 heterocycles. The average molecular weight is 245 g/mol. The molecule has 1 N–H and O–H groups in total. The second-order valence-corrected chi connectivity index (χ2v) is 5.35. The molecule has 1 fully saturated rings. The summed E-state index contributed by atoms with van der Waals surface area (Å²) in [7, 11) is 0. The van der Waals surface area contributed by atoms with E-state index in [0.29, 0.717) is 6.61 Å². The molecule has 2 nitrogen and oxygen atoms in total. The lowest BCUT2D eigenvalue weighted by molar-refractivity contribution is 0.343. The molecule has 0 aromatic heterocycles. The zero-order valence-corrected chi connectivity index (χ0v) is 11.7. The van der Waals surface area contributed by atoms with Crippen molar-refractivity contribution in [3.05, 3.63) is 41.0 Å². The molecule has 0 aliphatic heterocycles. The van der Waals surface area contributed by atoms with Crippen LogP contribution in [0.15, 0.2) is 24.3 Å². The van der Waals surface area contributed by atoms with Crippen molar-refractivity contribution < 1.29 is 4.74 Å². The lowest BCUT2D eigenvalue weighted by Gasteiger charge is -2.15. The molecule has 2 heteroatoms. The van der Waals surface area contributed by atoms with E-state index in [1.54, 1.807) is 0 Å². The van der Waals surface area contributed by atoms with Gasteiger partial charge in [0.05, 0.1) is 0 Å². The van der Waals surface area contributed by atoms with Crippen molar-refractivity contribution in [2.75, 3.05) is 13.2 Å². The third-order valence-corrected chi connectivity index (χ3v) is 3.51. The van der Waals surface area contributed by atoms with E-state index in [-0.39, 0.29) is 0 Å². The van der Waals surface area contributed by atoms with Crippen molar-refractivity contribution >= 4 is 0 Å². The molecule has 2 rings (SSSR count). The lowest BCUT2D eigenvalue weighted by atomic mass is 10.1. The Morgan fingerprint density at radius 1 is 1.28 bits per heavy atom. The maximum atomic E-state index is 5.92. The second-order valence-electron chi connectivity index (χ2n) is 5.35. The van der Waals surface area contributed by atoms with Gasteiger partial charge in [-0.1, -0.05) is 18.7 Å². The highest BCUT2D eigenvalue weighted by molar-refractivity contribution is 5.44. The summed E-state index contributed by atoms with van der Waals surface area (Å²) in [6.07, 6.45) is 2.62. The highest BCUT2D eigenvalue weighted by atomic mass is 16.5. The SMILES string of the molecule is C=C(CNC1CC1)COc1c(C)ccc(C)c1C. The molecule has 1 aliphatic carbocycles. The molecule has 1 aromatic rings. The van der Waals surface area contributed by atoms with Gasteiger partial charge in [0.1, 0.15) is 12.4 Å². The van der Waals surface area contributed by atoms with Crippen LogP contribution >= 0.6 is 0 Å². The molecule has 0 atom stereocenters. The fourth-order valence-corrected chi connectivity index (χ4v) is 1.95. The molecule has 0 radical (unpaired) electrons. The first-order chi connectivity index (χ1) is 8.58. The van der Waals surface area contributed by atoms with Crippen molar-refractivity contribution in [3.8, 4) is 5.75 Å². The number of aryl methyl sites for hydroxylation is 2. The first-order valence-corrected chi connectivity index (χ1v) is 6.67. The zero-order chi connectivity index (χ0) is 13.1. The van der Waals surface area contributed by atoms with Crippen LogP contribution in [0.1, 0.15) is 29.5 Å². The van der Waals surface area contributed by atoms with Gasteiger partial charge in [-0.15, -0.1) is 0 Å². The highest BCUT2D eigenvalue weighted by Crippen LogP contribution is 2.26. The van der Waals surface area contributed by atoms with E-state index >= 15 is 0 Å². The normalized spacial score (nSPS) is 14.6. The van der Waals surface area contributed by atoms with Gasteiger partial charge in [-0.3, -0.25) is 0 Å². The molecule has 0 amide bonds. The van der Waals surface area contributed by atoms with E-state index in [9.17, 15) is 0 Å². The fourth-order valence-electron chi connectivity index (χ4n) is 1.95. The molecule has 0 unspecified atom stereocenters. The van der Waals surface area contributed by atoms with Gasteiger partial charge in [0.25, 0.3) is 0 Å². The Balaban J connectivity index is 1.88. The number of rotatable bonds is 6. The number of hydrogen-bond acceptors (Lipinski definition) is 2. The number of hydrogen-bond donors (Lipinski definition) is 1. The van der Waals surface area contributed by atoms with Crippen LogP contribution in [0, 0.1) is 20.8 Å². The maximum absolute atomic E-state index is 5.92. The maximum Gasteiger partial charge on any atom is 0.125 e. The summed E-state index contributed by atoms with van der Waals surface area (Å²) in [4.78, 5) is 0. The molecule has 0 bridgehead atoms. The molecule has 1 aliphatic rings. The summed E-state index contributed by atoms with van der Waals surface area (Å²) in [6, 6.07) is 4.98. The standard InChI is InChI=1S/C16H23NO/c1-11(9-17-15-7-8-15)10-18-16-13(3)6-5-12(2)14(16)4/h5-6,15,17H,1,7-10H2,2-4H3. The molecule has 0 saturated heterocycles. The van der Waals surface area contributed by atoms with Gasteiger partial charge >= 0.3 is 0 Å². The predicted octanol–water partition coefficient (Wildman–Crippen LogP) is 3.30. The van der Waals surface area contributed by atoms with E-state index in [0.717, 1.165) is 23.9 Å². The largest absolute Gasteiger partial charge is 0.489 e. The monoisotopic (exact) mass is 245 g/mol. The third kappa shape index (κ3) is 3.36.